The fraction of sp³-hybridized carbons (Fsp3) is 0.235. The molecule has 1 heterocycles. The topological polar surface area (TPSA) is 71.5 Å². The quantitative estimate of drug-likeness (QED) is 0.830. The molecule has 1 N–H and O–H groups in total. The third kappa shape index (κ3) is 5.08. The van der Waals surface area contributed by atoms with Crippen molar-refractivity contribution in [3.8, 4) is 5.88 Å². The number of benzene rings is 1. The van der Waals surface area contributed by atoms with Crippen molar-refractivity contribution in [1.82, 2.24) is 9.88 Å². The fourth-order valence-electron chi connectivity index (χ4n) is 2.02. The van der Waals surface area contributed by atoms with E-state index in [1.54, 1.807) is 30.3 Å². The van der Waals surface area contributed by atoms with Crippen molar-refractivity contribution in [2.45, 2.75) is 6.92 Å². The Morgan fingerprint density at radius 1 is 1.16 bits per heavy atom. The number of carbonyl (C=O) groups excluding carboxylic acids is 2. The van der Waals surface area contributed by atoms with E-state index in [0.29, 0.717) is 23.2 Å². The highest BCUT2D eigenvalue weighted by molar-refractivity contribution is 6.34. The summed E-state index contributed by atoms with van der Waals surface area (Å²) >= 11 is 12.0. The maximum absolute atomic E-state index is 12.5. The average molecular weight is 382 g/mol. The largest absolute Gasteiger partial charge is 0.478 e. The maximum atomic E-state index is 12.5. The Morgan fingerprint density at radius 2 is 1.88 bits per heavy atom. The summed E-state index contributed by atoms with van der Waals surface area (Å²) in [6, 6.07) is 9.95. The Hall–Kier alpha value is -2.31. The molecule has 0 radical (unpaired) electrons. The van der Waals surface area contributed by atoms with Crippen LogP contribution in [0.2, 0.25) is 10.0 Å². The van der Waals surface area contributed by atoms with Crippen molar-refractivity contribution < 1.29 is 14.3 Å². The highest BCUT2D eigenvalue weighted by Gasteiger charge is 2.20. The highest BCUT2D eigenvalue weighted by atomic mass is 35.5. The van der Waals surface area contributed by atoms with Crippen molar-refractivity contribution in [2.24, 2.45) is 0 Å². The first kappa shape index (κ1) is 19.0. The van der Waals surface area contributed by atoms with Crippen molar-refractivity contribution >= 4 is 40.7 Å². The number of rotatable bonds is 6. The number of ether oxygens (including phenoxy) is 1. The Bertz CT molecular complexity index is 783. The van der Waals surface area contributed by atoms with Gasteiger partial charge in [-0.2, -0.15) is 0 Å². The molecule has 1 aromatic heterocycles. The number of hydrogen-bond donors (Lipinski definition) is 1. The van der Waals surface area contributed by atoms with Crippen LogP contribution in [0.25, 0.3) is 0 Å². The predicted molar refractivity (Wildman–Crippen MR) is 97.5 cm³/mol. The zero-order valence-corrected chi connectivity index (χ0v) is 15.3. The summed E-state index contributed by atoms with van der Waals surface area (Å²) in [5.41, 5.74) is 0.505. The normalized spacial score (nSPS) is 10.2. The van der Waals surface area contributed by atoms with Crippen LogP contribution in [-0.4, -0.2) is 41.9 Å². The molecule has 0 fully saturated rings. The van der Waals surface area contributed by atoms with Crippen molar-refractivity contribution in [1.29, 1.82) is 0 Å². The first-order valence-corrected chi connectivity index (χ1v) is 8.27. The summed E-state index contributed by atoms with van der Waals surface area (Å²) in [5, 5.41) is 3.25. The standard InChI is InChI=1S/C17H17Cl2N3O3/c1-3-25-15-9-8-12(19)16(21-15)17(24)22(2)10-14(23)20-13-7-5-4-6-11(13)18/h4-9H,3,10H2,1-2H3,(H,20,23). The number of hydrogen-bond acceptors (Lipinski definition) is 4. The predicted octanol–water partition coefficient (Wildman–Crippen LogP) is 3.50. The molecule has 0 saturated carbocycles. The number of carbonyl (C=O) groups is 2. The van der Waals surface area contributed by atoms with Gasteiger partial charge in [-0.25, -0.2) is 4.98 Å². The van der Waals surface area contributed by atoms with Crippen LogP contribution in [0, 0.1) is 0 Å². The summed E-state index contributed by atoms with van der Waals surface area (Å²) in [4.78, 5) is 29.9. The van der Waals surface area contributed by atoms with E-state index in [9.17, 15) is 9.59 Å². The number of para-hydroxylation sites is 1. The number of nitrogens with zero attached hydrogens (tertiary/aromatic N) is 2. The van der Waals surface area contributed by atoms with Crippen LogP contribution in [0.4, 0.5) is 5.69 Å². The molecule has 0 aliphatic heterocycles. The lowest BCUT2D eigenvalue weighted by molar-refractivity contribution is -0.116. The van der Waals surface area contributed by atoms with Crippen molar-refractivity contribution in [3.63, 3.8) is 0 Å². The molecule has 0 aliphatic rings. The molecular formula is C17H17Cl2N3O3. The van der Waals surface area contributed by atoms with Crippen LogP contribution in [0.1, 0.15) is 17.4 Å². The molecule has 25 heavy (non-hydrogen) atoms. The minimum Gasteiger partial charge on any atom is -0.478 e. The molecule has 2 rings (SSSR count). The summed E-state index contributed by atoms with van der Waals surface area (Å²) < 4.78 is 5.27. The second-order valence-corrected chi connectivity index (χ2v) is 5.92. The van der Waals surface area contributed by atoms with Crippen molar-refractivity contribution in [3.05, 3.63) is 52.1 Å². The zero-order valence-electron chi connectivity index (χ0n) is 13.8. The van der Waals surface area contributed by atoms with Crippen LogP contribution in [-0.2, 0) is 4.79 Å². The number of halogens is 2. The first-order valence-electron chi connectivity index (χ1n) is 7.51. The SMILES string of the molecule is CCOc1ccc(Cl)c(C(=O)N(C)CC(=O)Nc2ccccc2Cl)n1. The molecule has 0 spiro atoms. The number of aromatic nitrogens is 1. The van der Waals surface area contributed by atoms with Gasteiger partial charge in [-0.15, -0.1) is 0 Å². The smallest absolute Gasteiger partial charge is 0.274 e. The summed E-state index contributed by atoms with van der Waals surface area (Å²) in [5.74, 6) is -0.578. The summed E-state index contributed by atoms with van der Waals surface area (Å²) in [7, 11) is 1.49. The molecule has 0 bridgehead atoms. The number of nitrogens with one attached hydrogen (secondary N) is 1. The summed E-state index contributed by atoms with van der Waals surface area (Å²) in [6.45, 7) is 2.04. The second-order valence-electron chi connectivity index (χ2n) is 5.10. The Kier molecular flexibility index (Phi) is 6.61. The van der Waals surface area contributed by atoms with E-state index in [1.807, 2.05) is 6.92 Å². The minimum absolute atomic E-state index is 0.0284. The average Bonchev–Trinajstić information content (AvgIpc) is 2.58. The Labute approximate surface area is 155 Å². The maximum Gasteiger partial charge on any atom is 0.274 e. The van der Waals surface area contributed by atoms with Gasteiger partial charge in [0.25, 0.3) is 5.91 Å². The van der Waals surface area contributed by atoms with Crippen LogP contribution >= 0.6 is 23.2 Å². The van der Waals surface area contributed by atoms with Gasteiger partial charge < -0.3 is 15.0 Å². The van der Waals surface area contributed by atoms with Crippen LogP contribution in [0.3, 0.4) is 0 Å². The van der Waals surface area contributed by atoms with Gasteiger partial charge in [-0.1, -0.05) is 35.3 Å². The lowest BCUT2D eigenvalue weighted by Gasteiger charge is -2.17. The molecule has 0 saturated heterocycles. The monoisotopic (exact) mass is 381 g/mol. The lowest BCUT2D eigenvalue weighted by atomic mass is 10.3. The third-order valence-corrected chi connectivity index (χ3v) is 3.83. The number of amides is 2. The van der Waals surface area contributed by atoms with Gasteiger partial charge in [0.2, 0.25) is 11.8 Å². The van der Waals surface area contributed by atoms with Gasteiger partial charge >= 0.3 is 0 Å². The van der Waals surface area contributed by atoms with E-state index in [1.165, 1.54) is 18.0 Å². The molecule has 2 aromatic rings. The van der Waals surface area contributed by atoms with E-state index in [0.717, 1.165) is 0 Å². The fourth-order valence-corrected chi connectivity index (χ4v) is 2.39. The second kappa shape index (κ2) is 8.69. The van der Waals surface area contributed by atoms with E-state index >= 15 is 0 Å². The molecule has 0 unspecified atom stereocenters. The molecular weight excluding hydrogens is 365 g/mol. The van der Waals surface area contributed by atoms with Gasteiger partial charge in [0.05, 0.1) is 28.9 Å². The van der Waals surface area contributed by atoms with Crippen LogP contribution in [0.5, 0.6) is 5.88 Å². The van der Waals surface area contributed by atoms with E-state index in [-0.39, 0.29) is 23.2 Å². The molecule has 0 atom stereocenters. The summed E-state index contributed by atoms with van der Waals surface area (Å²) in [6.07, 6.45) is 0. The van der Waals surface area contributed by atoms with Crippen LogP contribution < -0.4 is 10.1 Å². The molecule has 6 nitrogen and oxygen atoms in total. The number of anilines is 1. The van der Waals surface area contributed by atoms with Crippen LogP contribution in [0.15, 0.2) is 36.4 Å². The van der Waals surface area contributed by atoms with Gasteiger partial charge in [-0.3, -0.25) is 9.59 Å². The molecule has 2 amide bonds. The first-order chi connectivity index (χ1) is 11.9. The lowest BCUT2D eigenvalue weighted by Crippen LogP contribution is -2.35. The van der Waals surface area contributed by atoms with E-state index in [4.69, 9.17) is 27.9 Å². The molecule has 1 aromatic carbocycles. The Balaban J connectivity index is 2.06. The number of pyridine rings is 1. The van der Waals surface area contributed by atoms with Gasteiger partial charge in [-0.05, 0) is 25.1 Å². The highest BCUT2D eigenvalue weighted by Crippen LogP contribution is 2.21. The zero-order chi connectivity index (χ0) is 18.4. The van der Waals surface area contributed by atoms with Gasteiger partial charge in [0.1, 0.15) is 0 Å². The minimum atomic E-state index is -0.485. The third-order valence-electron chi connectivity index (χ3n) is 3.19. The molecule has 132 valence electrons. The van der Waals surface area contributed by atoms with E-state index < -0.39 is 5.91 Å². The van der Waals surface area contributed by atoms with Crippen molar-refractivity contribution in [2.75, 3.05) is 25.5 Å². The number of likely N-dealkylation sites (N-methyl/N-ethyl adjacent to an activating group) is 1. The molecule has 8 heteroatoms. The van der Waals surface area contributed by atoms with Gasteiger partial charge in [0.15, 0.2) is 5.69 Å². The Morgan fingerprint density at radius 3 is 2.56 bits per heavy atom. The van der Waals surface area contributed by atoms with E-state index in [2.05, 4.69) is 10.3 Å². The van der Waals surface area contributed by atoms with Gasteiger partial charge in [0, 0.05) is 13.1 Å². The molecule has 0 aliphatic carbocycles.